The molecule has 0 radical (unpaired) electrons. The highest BCUT2D eigenvalue weighted by Gasteiger charge is 2.18. The Morgan fingerprint density at radius 3 is 0.835 bits per heavy atom. The van der Waals surface area contributed by atoms with Gasteiger partial charge in [0.2, 0.25) is 5.91 Å². The van der Waals surface area contributed by atoms with Crippen LogP contribution in [0.2, 0.25) is 0 Å². The van der Waals surface area contributed by atoms with Gasteiger partial charge in [0.25, 0.3) is 0 Å². The second-order valence-corrected chi connectivity index (χ2v) is 27.0. The van der Waals surface area contributed by atoms with E-state index in [2.05, 4.69) is 31.3 Å². The van der Waals surface area contributed by atoms with E-state index in [0.717, 1.165) is 38.5 Å². The molecule has 2 unspecified atom stereocenters. The molecular formula is C79H153NO5. The van der Waals surface area contributed by atoms with Crippen molar-refractivity contribution in [2.24, 2.45) is 0 Å². The third-order valence-electron chi connectivity index (χ3n) is 18.5. The summed E-state index contributed by atoms with van der Waals surface area (Å²) in [5.41, 5.74) is 0. The molecule has 0 saturated carbocycles. The first-order chi connectivity index (χ1) is 42.0. The van der Waals surface area contributed by atoms with Gasteiger partial charge in [-0.3, -0.25) is 9.59 Å². The van der Waals surface area contributed by atoms with Crippen LogP contribution in [0.1, 0.15) is 444 Å². The van der Waals surface area contributed by atoms with Crippen LogP contribution < -0.4 is 5.32 Å². The van der Waals surface area contributed by atoms with Crippen LogP contribution in [0.4, 0.5) is 0 Å². The van der Waals surface area contributed by atoms with Crippen molar-refractivity contribution in [3.05, 3.63) is 24.3 Å². The number of allylic oxidation sites excluding steroid dienone is 3. The summed E-state index contributed by atoms with van der Waals surface area (Å²) < 4.78 is 5.49. The van der Waals surface area contributed by atoms with Gasteiger partial charge in [-0.25, -0.2) is 0 Å². The van der Waals surface area contributed by atoms with Gasteiger partial charge in [0, 0.05) is 12.8 Å². The number of rotatable bonds is 74. The molecule has 0 aliphatic carbocycles. The topological polar surface area (TPSA) is 95.9 Å². The summed E-state index contributed by atoms with van der Waals surface area (Å²) in [4.78, 5) is 24.6. The number of aliphatic hydroxyl groups is 2. The third-order valence-corrected chi connectivity index (χ3v) is 18.5. The van der Waals surface area contributed by atoms with E-state index < -0.39 is 12.1 Å². The first-order valence-corrected chi connectivity index (χ1v) is 39.1. The molecule has 0 fully saturated rings. The van der Waals surface area contributed by atoms with Crippen LogP contribution in [0, 0.1) is 0 Å². The molecule has 0 spiro atoms. The minimum Gasteiger partial charge on any atom is -0.466 e. The lowest BCUT2D eigenvalue weighted by atomic mass is 10.0. The highest BCUT2D eigenvalue weighted by molar-refractivity contribution is 5.76. The fourth-order valence-electron chi connectivity index (χ4n) is 12.5. The Labute approximate surface area is 532 Å². The lowest BCUT2D eigenvalue weighted by Gasteiger charge is -2.20. The summed E-state index contributed by atoms with van der Waals surface area (Å²) in [5.74, 6) is -0.0390. The summed E-state index contributed by atoms with van der Waals surface area (Å²) in [5, 5.41) is 23.3. The normalized spacial score (nSPS) is 12.6. The predicted molar refractivity (Wildman–Crippen MR) is 375 cm³/mol. The van der Waals surface area contributed by atoms with E-state index in [9.17, 15) is 19.8 Å². The molecule has 3 N–H and O–H groups in total. The maximum absolute atomic E-state index is 12.5. The second kappa shape index (κ2) is 74.8. The zero-order chi connectivity index (χ0) is 61.3. The van der Waals surface area contributed by atoms with Gasteiger partial charge in [0.15, 0.2) is 0 Å². The molecule has 0 aromatic carbocycles. The first kappa shape index (κ1) is 83.3. The van der Waals surface area contributed by atoms with Gasteiger partial charge >= 0.3 is 5.97 Å². The Hall–Kier alpha value is -1.66. The van der Waals surface area contributed by atoms with E-state index in [-0.39, 0.29) is 18.5 Å². The van der Waals surface area contributed by atoms with Crippen molar-refractivity contribution in [2.45, 2.75) is 456 Å². The van der Waals surface area contributed by atoms with E-state index in [1.165, 1.54) is 379 Å². The molecule has 0 aromatic heterocycles. The van der Waals surface area contributed by atoms with Crippen LogP contribution in [-0.2, 0) is 14.3 Å². The molecule has 504 valence electrons. The number of ether oxygens (including phenoxy) is 1. The van der Waals surface area contributed by atoms with Crippen LogP contribution in [0.15, 0.2) is 24.3 Å². The fourth-order valence-corrected chi connectivity index (χ4v) is 12.5. The fraction of sp³-hybridized carbons (Fsp3) is 0.924. The van der Waals surface area contributed by atoms with E-state index in [1.54, 1.807) is 6.08 Å². The van der Waals surface area contributed by atoms with Crippen LogP contribution in [0.3, 0.4) is 0 Å². The van der Waals surface area contributed by atoms with Crippen molar-refractivity contribution in [1.82, 2.24) is 5.32 Å². The molecule has 0 aromatic rings. The molecule has 2 atom stereocenters. The molecule has 0 rings (SSSR count). The molecule has 0 bridgehead atoms. The molecular weight excluding hydrogens is 1040 g/mol. The lowest BCUT2D eigenvalue weighted by molar-refractivity contribution is -0.143. The van der Waals surface area contributed by atoms with Gasteiger partial charge in [-0.05, 0) is 57.8 Å². The monoisotopic (exact) mass is 1200 g/mol. The molecule has 85 heavy (non-hydrogen) atoms. The zero-order valence-corrected chi connectivity index (χ0v) is 57.9. The number of aliphatic hydroxyl groups excluding tert-OH is 2. The van der Waals surface area contributed by atoms with Crippen molar-refractivity contribution in [3.63, 3.8) is 0 Å². The predicted octanol–water partition coefficient (Wildman–Crippen LogP) is 25.7. The number of carbonyl (C=O) groups excluding carboxylic acids is 2. The van der Waals surface area contributed by atoms with Gasteiger partial charge < -0.3 is 20.3 Å². The number of nitrogens with one attached hydrogen (secondary N) is 1. The van der Waals surface area contributed by atoms with E-state index in [0.29, 0.717) is 19.4 Å². The highest BCUT2D eigenvalue weighted by Crippen LogP contribution is 2.20. The van der Waals surface area contributed by atoms with E-state index in [4.69, 9.17) is 4.74 Å². The summed E-state index contributed by atoms with van der Waals surface area (Å²) in [6.45, 7) is 4.96. The quantitative estimate of drug-likeness (QED) is 0.0320. The first-order valence-electron chi connectivity index (χ1n) is 39.1. The number of hydrogen-bond acceptors (Lipinski definition) is 5. The minimum absolute atomic E-state index is 0.0209. The van der Waals surface area contributed by atoms with Crippen molar-refractivity contribution in [3.8, 4) is 0 Å². The lowest BCUT2D eigenvalue weighted by Crippen LogP contribution is -2.45. The van der Waals surface area contributed by atoms with Gasteiger partial charge in [0.1, 0.15) is 0 Å². The number of amides is 1. The maximum atomic E-state index is 12.5. The second-order valence-electron chi connectivity index (χ2n) is 27.0. The van der Waals surface area contributed by atoms with Gasteiger partial charge in [-0.1, -0.05) is 398 Å². The Morgan fingerprint density at radius 1 is 0.318 bits per heavy atom. The SMILES string of the molecule is CCCCCCCCCCCCCCCCCCCCCC/C=C/C(O)C(CO)NC(=O)CCCCCCCCCCCCCCCCCCC/C=C\CCCCCCCCCCCCCCOC(=O)CCCCCCCCCCCCCCC. The van der Waals surface area contributed by atoms with Crippen LogP contribution in [-0.4, -0.2) is 47.4 Å². The minimum atomic E-state index is -0.843. The smallest absolute Gasteiger partial charge is 0.305 e. The standard InChI is InChI=1S/C79H153NO5/c1-3-5-7-9-11-13-15-17-18-19-20-21-35-38-41-44-48-51-55-59-63-67-71-77(82)76(75-81)80-78(83)72-68-64-60-56-52-49-45-42-39-36-33-31-29-27-25-23-22-24-26-28-30-32-34-37-40-43-46-50-54-58-62-66-70-74-85-79(84)73-69-65-61-57-53-47-16-14-12-10-8-6-4-2/h26,28,67,71,76-77,81-82H,3-25,27,29-66,68-70,72-75H2,1-2H3,(H,80,83)/b28-26-,71-67+. The van der Waals surface area contributed by atoms with Crippen molar-refractivity contribution >= 4 is 11.9 Å². The Kier molecular flexibility index (Phi) is 73.3. The van der Waals surface area contributed by atoms with Crippen molar-refractivity contribution in [2.75, 3.05) is 13.2 Å². The summed E-state index contributed by atoms with van der Waals surface area (Å²) in [6, 6.07) is -0.626. The number of carbonyl (C=O) groups is 2. The molecule has 0 heterocycles. The Bertz CT molecular complexity index is 1330. The van der Waals surface area contributed by atoms with Gasteiger partial charge in [-0.15, -0.1) is 0 Å². The van der Waals surface area contributed by atoms with Gasteiger partial charge in [0.05, 0.1) is 25.4 Å². The summed E-state index contributed by atoms with van der Waals surface area (Å²) in [7, 11) is 0. The molecule has 6 nitrogen and oxygen atoms in total. The third kappa shape index (κ3) is 71.3. The average Bonchev–Trinajstić information content (AvgIpc) is 3.53. The average molecular weight is 1200 g/mol. The Morgan fingerprint density at radius 2 is 0.553 bits per heavy atom. The number of unbranched alkanes of at least 4 members (excludes halogenated alkanes) is 61. The highest BCUT2D eigenvalue weighted by atomic mass is 16.5. The van der Waals surface area contributed by atoms with E-state index in [1.807, 2.05) is 6.08 Å². The molecule has 1 amide bonds. The molecule has 0 saturated heterocycles. The van der Waals surface area contributed by atoms with Crippen LogP contribution >= 0.6 is 0 Å². The van der Waals surface area contributed by atoms with Crippen molar-refractivity contribution in [1.29, 1.82) is 0 Å². The maximum Gasteiger partial charge on any atom is 0.305 e. The summed E-state index contributed by atoms with van der Waals surface area (Å²) >= 11 is 0. The molecule has 0 aliphatic heterocycles. The summed E-state index contributed by atoms with van der Waals surface area (Å²) in [6.07, 6.45) is 95.8. The largest absolute Gasteiger partial charge is 0.466 e. The van der Waals surface area contributed by atoms with Crippen molar-refractivity contribution < 1.29 is 24.5 Å². The number of hydrogen-bond donors (Lipinski definition) is 3. The van der Waals surface area contributed by atoms with Gasteiger partial charge in [-0.2, -0.15) is 0 Å². The molecule has 6 heteroatoms. The zero-order valence-electron chi connectivity index (χ0n) is 57.9. The number of esters is 1. The van der Waals surface area contributed by atoms with Crippen LogP contribution in [0.5, 0.6) is 0 Å². The Balaban J connectivity index is 3.37. The van der Waals surface area contributed by atoms with Crippen LogP contribution in [0.25, 0.3) is 0 Å². The van der Waals surface area contributed by atoms with E-state index >= 15 is 0 Å². The molecule has 0 aliphatic rings.